The van der Waals surface area contributed by atoms with Gasteiger partial charge in [0.15, 0.2) is 0 Å². The van der Waals surface area contributed by atoms with Crippen LogP contribution in [0.3, 0.4) is 0 Å². The van der Waals surface area contributed by atoms with Gasteiger partial charge >= 0.3 is 0 Å². The minimum atomic E-state index is -0.154. The van der Waals surface area contributed by atoms with Crippen molar-refractivity contribution in [3.05, 3.63) is 48.6 Å². The number of carbonyl (C=O) groups is 1. The molecule has 0 aliphatic carbocycles. The molecule has 0 fully saturated rings. The molecule has 0 radical (unpaired) electrons. The SMILES string of the molecule is CCCCC/C=C\C/C=C\C/C=C/C/C=C\CCCC(=O)N[C@H](C)CO. The van der Waals surface area contributed by atoms with Gasteiger partial charge in [-0.2, -0.15) is 0 Å². The van der Waals surface area contributed by atoms with Gasteiger partial charge in [0.25, 0.3) is 0 Å². The number of amides is 1. The van der Waals surface area contributed by atoms with Gasteiger partial charge in [-0.05, 0) is 51.9 Å². The lowest BCUT2D eigenvalue weighted by Gasteiger charge is -2.09. The molecule has 1 atom stereocenters. The van der Waals surface area contributed by atoms with Crippen LogP contribution in [0.2, 0.25) is 0 Å². The highest BCUT2D eigenvalue weighted by Crippen LogP contribution is 2.01. The summed E-state index contributed by atoms with van der Waals surface area (Å²) >= 11 is 0. The third-order valence-corrected chi connectivity index (χ3v) is 3.91. The van der Waals surface area contributed by atoms with Gasteiger partial charge in [-0.25, -0.2) is 0 Å². The van der Waals surface area contributed by atoms with Gasteiger partial charge in [0, 0.05) is 12.5 Å². The number of aliphatic hydroxyl groups excluding tert-OH is 1. The predicted molar refractivity (Wildman–Crippen MR) is 113 cm³/mol. The van der Waals surface area contributed by atoms with Crippen molar-refractivity contribution in [1.29, 1.82) is 0 Å². The lowest BCUT2D eigenvalue weighted by Crippen LogP contribution is -2.34. The van der Waals surface area contributed by atoms with Crippen LogP contribution in [-0.2, 0) is 4.79 Å². The molecule has 0 saturated carbocycles. The molecule has 2 N–H and O–H groups in total. The third kappa shape index (κ3) is 18.7. The highest BCUT2D eigenvalue weighted by molar-refractivity contribution is 5.76. The summed E-state index contributed by atoms with van der Waals surface area (Å²) in [5.41, 5.74) is 0. The Balaban J connectivity index is 3.50. The third-order valence-electron chi connectivity index (χ3n) is 3.91. The quantitative estimate of drug-likeness (QED) is 0.276. The molecule has 3 nitrogen and oxygen atoms in total. The number of hydrogen-bond acceptors (Lipinski definition) is 2. The van der Waals surface area contributed by atoms with Gasteiger partial charge in [-0.1, -0.05) is 68.4 Å². The first-order chi connectivity index (χ1) is 12.7. The maximum Gasteiger partial charge on any atom is 0.220 e. The van der Waals surface area contributed by atoms with E-state index in [4.69, 9.17) is 5.11 Å². The number of aliphatic hydroxyl groups is 1. The van der Waals surface area contributed by atoms with E-state index >= 15 is 0 Å². The molecule has 0 saturated heterocycles. The molecule has 3 heteroatoms. The van der Waals surface area contributed by atoms with Gasteiger partial charge in [-0.15, -0.1) is 0 Å². The molecule has 0 rings (SSSR count). The van der Waals surface area contributed by atoms with Crippen LogP contribution in [0.4, 0.5) is 0 Å². The van der Waals surface area contributed by atoms with E-state index in [2.05, 4.69) is 60.8 Å². The summed E-state index contributed by atoms with van der Waals surface area (Å²) in [5.74, 6) is 0.0161. The van der Waals surface area contributed by atoms with Crippen molar-refractivity contribution in [1.82, 2.24) is 5.32 Å². The monoisotopic (exact) mass is 361 g/mol. The Morgan fingerprint density at radius 2 is 1.35 bits per heavy atom. The van der Waals surface area contributed by atoms with Crippen LogP contribution in [0.15, 0.2) is 48.6 Å². The van der Waals surface area contributed by atoms with Crippen molar-refractivity contribution in [3.63, 3.8) is 0 Å². The molecule has 148 valence electrons. The van der Waals surface area contributed by atoms with Gasteiger partial charge in [0.05, 0.1) is 6.61 Å². The number of nitrogens with one attached hydrogen (secondary N) is 1. The first kappa shape index (κ1) is 24.4. The van der Waals surface area contributed by atoms with Crippen molar-refractivity contribution in [2.75, 3.05) is 6.61 Å². The summed E-state index contributed by atoms with van der Waals surface area (Å²) in [5, 5.41) is 11.6. The smallest absolute Gasteiger partial charge is 0.220 e. The second kappa shape index (κ2) is 19.7. The molecule has 0 aliphatic rings. The van der Waals surface area contributed by atoms with Crippen LogP contribution in [0.5, 0.6) is 0 Å². The molecule has 0 heterocycles. The Labute approximate surface area is 161 Å². The lowest BCUT2D eigenvalue weighted by molar-refractivity contribution is -0.122. The van der Waals surface area contributed by atoms with E-state index in [1.165, 1.54) is 25.7 Å². The molecule has 0 aromatic carbocycles. The Bertz CT molecular complexity index is 435. The number of carbonyl (C=O) groups excluding carboxylic acids is 1. The van der Waals surface area contributed by atoms with E-state index in [0.717, 1.165) is 32.1 Å². The number of unbranched alkanes of at least 4 members (excludes halogenated alkanes) is 4. The van der Waals surface area contributed by atoms with Crippen LogP contribution >= 0.6 is 0 Å². The Hall–Kier alpha value is -1.61. The van der Waals surface area contributed by atoms with E-state index in [0.29, 0.717) is 6.42 Å². The maximum absolute atomic E-state index is 11.5. The minimum Gasteiger partial charge on any atom is -0.394 e. The van der Waals surface area contributed by atoms with Gasteiger partial charge in [-0.3, -0.25) is 4.79 Å². The highest BCUT2D eigenvalue weighted by Gasteiger charge is 2.04. The summed E-state index contributed by atoms with van der Waals surface area (Å²) in [4.78, 5) is 11.5. The molecular weight excluding hydrogens is 322 g/mol. The standard InChI is InChI=1S/C23H39NO2/c1-3-4-5-6-7-8-9-10-11-12-13-14-15-16-17-18-19-20-23(26)24-22(2)21-25/h7-8,10-11,13-14,16-17,22,25H,3-6,9,12,15,18-21H2,1-2H3,(H,24,26)/b8-7-,11-10-,14-13+,17-16-/t22-/m1/s1. The van der Waals surface area contributed by atoms with E-state index in [-0.39, 0.29) is 18.6 Å². The minimum absolute atomic E-state index is 0.0110. The van der Waals surface area contributed by atoms with E-state index in [1.807, 2.05) is 0 Å². The maximum atomic E-state index is 11.5. The molecule has 0 bridgehead atoms. The average Bonchev–Trinajstić information content (AvgIpc) is 2.64. The van der Waals surface area contributed by atoms with Gasteiger partial charge < -0.3 is 10.4 Å². The number of rotatable bonds is 16. The van der Waals surface area contributed by atoms with Crippen LogP contribution in [0.25, 0.3) is 0 Å². The normalized spacial score (nSPS) is 13.5. The van der Waals surface area contributed by atoms with Crippen molar-refractivity contribution >= 4 is 5.91 Å². The largest absolute Gasteiger partial charge is 0.394 e. The van der Waals surface area contributed by atoms with Crippen LogP contribution in [-0.4, -0.2) is 23.7 Å². The lowest BCUT2D eigenvalue weighted by atomic mass is 10.2. The van der Waals surface area contributed by atoms with Gasteiger partial charge in [0.1, 0.15) is 0 Å². The molecule has 0 aromatic heterocycles. The second-order valence-corrected chi connectivity index (χ2v) is 6.63. The number of hydrogen-bond donors (Lipinski definition) is 2. The molecule has 26 heavy (non-hydrogen) atoms. The Morgan fingerprint density at radius 1 is 0.846 bits per heavy atom. The summed E-state index contributed by atoms with van der Waals surface area (Å²) in [6.07, 6.45) is 28.0. The molecule has 1 amide bonds. The zero-order valence-corrected chi connectivity index (χ0v) is 16.8. The summed E-state index contributed by atoms with van der Waals surface area (Å²) in [7, 11) is 0. The molecule has 0 unspecified atom stereocenters. The predicted octanol–water partition coefficient (Wildman–Crippen LogP) is 5.63. The molecule has 0 aliphatic heterocycles. The van der Waals surface area contributed by atoms with Crippen LogP contribution < -0.4 is 5.32 Å². The fourth-order valence-electron chi connectivity index (χ4n) is 2.33. The van der Waals surface area contributed by atoms with Crippen molar-refractivity contribution in [2.24, 2.45) is 0 Å². The van der Waals surface area contributed by atoms with Crippen molar-refractivity contribution < 1.29 is 9.90 Å². The van der Waals surface area contributed by atoms with Crippen molar-refractivity contribution in [2.45, 2.75) is 84.1 Å². The zero-order chi connectivity index (χ0) is 19.3. The highest BCUT2D eigenvalue weighted by atomic mass is 16.3. The van der Waals surface area contributed by atoms with E-state index in [1.54, 1.807) is 6.92 Å². The Kier molecular flexibility index (Phi) is 18.5. The number of allylic oxidation sites excluding steroid dienone is 8. The van der Waals surface area contributed by atoms with E-state index < -0.39 is 0 Å². The topological polar surface area (TPSA) is 49.3 Å². The summed E-state index contributed by atoms with van der Waals surface area (Å²) in [6.45, 7) is 4.02. The summed E-state index contributed by atoms with van der Waals surface area (Å²) < 4.78 is 0. The van der Waals surface area contributed by atoms with Crippen LogP contribution in [0, 0.1) is 0 Å². The fraction of sp³-hybridized carbons (Fsp3) is 0.609. The van der Waals surface area contributed by atoms with Crippen molar-refractivity contribution in [3.8, 4) is 0 Å². The second-order valence-electron chi connectivity index (χ2n) is 6.63. The molecular formula is C23H39NO2. The first-order valence-corrected chi connectivity index (χ1v) is 10.2. The Morgan fingerprint density at radius 3 is 1.85 bits per heavy atom. The molecule has 0 spiro atoms. The van der Waals surface area contributed by atoms with Crippen LogP contribution in [0.1, 0.15) is 78.1 Å². The first-order valence-electron chi connectivity index (χ1n) is 10.2. The fourth-order valence-corrected chi connectivity index (χ4v) is 2.33. The average molecular weight is 362 g/mol. The molecule has 0 aromatic rings. The zero-order valence-electron chi connectivity index (χ0n) is 16.8. The van der Waals surface area contributed by atoms with Gasteiger partial charge in [0.2, 0.25) is 5.91 Å². The summed E-state index contributed by atoms with van der Waals surface area (Å²) in [6, 6.07) is -0.154. The van der Waals surface area contributed by atoms with E-state index in [9.17, 15) is 4.79 Å².